The van der Waals surface area contributed by atoms with E-state index in [1.54, 1.807) is 5.57 Å². The van der Waals surface area contributed by atoms with Crippen molar-refractivity contribution in [3.05, 3.63) is 11.6 Å². The standard InChI is InChI=1S/C28H47IO/c1-19(8-7-14-25(2,3)29)22-11-12-23-21-10-9-20-18-26(4,30)16-17-27(20,5)24(21)13-15-28(22,23)6/h9,19,21-24,30H,7-8,10-18H2,1-6H3/t19-,21+,22-,23+,24+,26+,27+,28-/m1/s1. The molecule has 4 rings (SSSR count). The van der Waals surface area contributed by atoms with Gasteiger partial charge in [0.25, 0.3) is 0 Å². The zero-order valence-electron chi connectivity index (χ0n) is 20.6. The smallest absolute Gasteiger partial charge is 0.0657 e. The third kappa shape index (κ3) is 4.19. The number of hydrogen-bond acceptors (Lipinski definition) is 1. The molecule has 3 fully saturated rings. The molecule has 0 unspecified atom stereocenters. The predicted molar refractivity (Wildman–Crippen MR) is 137 cm³/mol. The molecule has 1 nitrogen and oxygen atoms in total. The molecule has 4 aliphatic carbocycles. The highest BCUT2D eigenvalue weighted by molar-refractivity contribution is 14.1. The van der Waals surface area contributed by atoms with Gasteiger partial charge < -0.3 is 5.11 Å². The summed E-state index contributed by atoms with van der Waals surface area (Å²) in [6.45, 7) is 14.6. The van der Waals surface area contributed by atoms with Crippen molar-refractivity contribution in [2.75, 3.05) is 0 Å². The highest BCUT2D eigenvalue weighted by atomic mass is 127. The summed E-state index contributed by atoms with van der Waals surface area (Å²) in [4.78, 5) is 0. The number of hydrogen-bond donors (Lipinski definition) is 1. The van der Waals surface area contributed by atoms with Gasteiger partial charge in [0.15, 0.2) is 0 Å². The lowest BCUT2D eigenvalue weighted by atomic mass is 9.46. The Labute approximate surface area is 200 Å². The highest BCUT2D eigenvalue weighted by Gasteiger charge is 2.59. The Morgan fingerprint density at radius 2 is 1.83 bits per heavy atom. The van der Waals surface area contributed by atoms with Crippen molar-refractivity contribution in [1.29, 1.82) is 0 Å². The summed E-state index contributed by atoms with van der Waals surface area (Å²) in [6.07, 6.45) is 17.0. The maximum atomic E-state index is 10.7. The number of fused-ring (bicyclic) bond motifs is 5. The minimum absolute atomic E-state index is 0.363. The number of alkyl halides is 1. The fraction of sp³-hybridized carbons (Fsp3) is 0.929. The molecule has 8 atom stereocenters. The lowest BCUT2D eigenvalue weighted by Crippen LogP contribution is -2.52. The van der Waals surface area contributed by atoms with Crippen LogP contribution in [-0.4, -0.2) is 14.1 Å². The molecule has 0 amide bonds. The van der Waals surface area contributed by atoms with Crippen molar-refractivity contribution in [3.63, 3.8) is 0 Å². The number of aliphatic hydroxyl groups is 1. The Kier molecular flexibility index (Phi) is 6.31. The first-order valence-corrected chi connectivity index (χ1v) is 14.0. The molecule has 0 aliphatic heterocycles. The van der Waals surface area contributed by atoms with Gasteiger partial charge >= 0.3 is 0 Å². The van der Waals surface area contributed by atoms with Crippen molar-refractivity contribution in [1.82, 2.24) is 0 Å². The lowest BCUT2D eigenvalue weighted by molar-refractivity contribution is -0.0705. The molecular weight excluding hydrogens is 479 g/mol. The third-order valence-electron chi connectivity index (χ3n) is 10.6. The van der Waals surface area contributed by atoms with Crippen LogP contribution in [0.3, 0.4) is 0 Å². The molecule has 0 saturated heterocycles. The van der Waals surface area contributed by atoms with Crippen molar-refractivity contribution in [2.24, 2.45) is 40.4 Å². The molecule has 3 saturated carbocycles. The van der Waals surface area contributed by atoms with Crippen LogP contribution in [0.2, 0.25) is 0 Å². The summed E-state index contributed by atoms with van der Waals surface area (Å²) in [5, 5.41) is 10.7. The third-order valence-corrected chi connectivity index (χ3v) is 11.1. The lowest BCUT2D eigenvalue weighted by Gasteiger charge is -2.59. The van der Waals surface area contributed by atoms with E-state index in [4.69, 9.17) is 0 Å². The van der Waals surface area contributed by atoms with E-state index in [2.05, 4.69) is 70.2 Å². The first kappa shape index (κ1) is 23.6. The summed E-state index contributed by atoms with van der Waals surface area (Å²) >= 11 is 2.62. The molecule has 0 heterocycles. The molecule has 0 aromatic rings. The fourth-order valence-electron chi connectivity index (χ4n) is 8.83. The van der Waals surface area contributed by atoms with E-state index in [1.165, 1.54) is 57.8 Å². The minimum Gasteiger partial charge on any atom is -0.390 e. The molecule has 0 spiro atoms. The van der Waals surface area contributed by atoms with Gasteiger partial charge in [-0.15, -0.1) is 0 Å². The van der Waals surface area contributed by atoms with Gasteiger partial charge in [-0.3, -0.25) is 0 Å². The molecule has 2 heteroatoms. The van der Waals surface area contributed by atoms with E-state index in [-0.39, 0.29) is 0 Å². The van der Waals surface area contributed by atoms with Gasteiger partial charge in [0.1, 0.15) is 0 Å². The van der Waals surface area contributed by atoms with E-state index in [0.717, 1.165) is 42.4 Å². The molecule has 0 bridgehead atoms. The molecular formula is C28H47IO. The van der Waals surface area contributed by atoms with Gasteiger partial charge in [-0.1, -0.05) is 81.7 Å². The van der Waals surface area contributed by atoms with Gasteiger partial charge in [-0.05, 0) is 105 Å². The van der Waals surface area contributed by atoms with Gasteiger partial charge in [-0.25, -0.2) is 0 Å². The summed E-state index contributed by atoms with van der Waals surface area (Å²) in [7, 11) is 0. The zero-order chi connectivity index (χ0) is 21.9. The van der Waals surface area contributed by atoms with Crippen LogP contribution in [0.5, 0.6) is 0 Å². The molecule has 30 heavy (non-hydrogen) atoms. The van der Waals surface area contributed by atoms with Crippen LogP contribution in [0.1, 0.15) is 112 Å². The summed E-state index contributed by atoms with van der Waals surface area (Å²) in [6, 6.07) is 0. The first-order chi connectivity index (χ1) is 13.9. The van der Waals surface area contributed by atoms with Crippen molar-refractivity contribution in [2.45, 2.75) is 121 Å². The van der Waals surface area contributed by atoms with E-state index < -0.39 is 5.60 Å². The SMILES string of the molecule is C[C@H](CCCC(C)(C)I)[C@H]1CC[C@H]2[C@@H]3CC=C4C[C@@](C)(O)CC[C@]4(C)[C@H]3CC[C@]12C. The average Bonchev–Trinajstić information content (AvgIpc) is 2.98. The van der Waals surface area contributed by atoms with Crippen LogP contribution in [-0.2, 0) is 0 Å². The van der Waals surface area contributed by atoms with Crippen LogP contribution in [0.25, 0.3) is 0 Å². The monoisotopic (exact) mass is 526 g/mol. The van der Waals surface area contributed by atoms with Gasteiger partial charge in [0.2, 0.25) is 0 Å². The number of halogens is 1. The summed E-state index contributed by atoms with van der Waals surface area (Å²) < 4.78 is 0.448. The Morgan fingerprint density at radius 1 is 1.10 bits per heavy atom. The molecule has 172 valence electrons. The average molecular weight is 527 g/mol. The second-order valence-corrected chi connectivity index (χ2v) is 16.2. The quantitative estimate of drug-likeness (QED) is 0.217. The van der Waals surface area contributed by atoms with E-state index in [9.17, 15) is 5.11 Å². The maximum Gasteiger partial charge on any atom is 0.0657 e. The van der Waals surface area contributed by atoms with Crippen LogP contribution in [0.4, 0.5) is 0 Å². The Morgan fingerprint density at radius 3 is 2.53 bits per heavy atom. The topological polar surface area (TPSA) is 20.2 Å². The molecule has 0 radical (unpaired) electrons. The Hall–Kier alpha value is 0.430. The van der Waals surface area contributed by atoms with Crippen LogP contribution < -0.4 is 0 Å². The fourth-order valence-corrected chi connectivity index (χ4v) is 9.21. The molecule has 4 aliphatic rings. The Bertz CT molecular complexity index is 673. The van der Waals surface area contributed by atoms with Gasteiger partial charge in [0.05, 0.1) is 5.60 Å². The van der Waals surface area contributed by atoms with E-state index in [0.29, 0.717) is 14.3 Å². The van der Waals surface area contributed by atoms with Gasteiger partial charge in [-0.2, -0.15) is 0 Å². The number of rotatable bonds is 5. The second-order valence-electron chi connectivity index (χ2n) is 13.2. The molecule has 1 N–H and O–H groups in total. The summed E-state index contributed by atoms with van der Waals surface area (Å²) in [5.74, 6) is 4.50. The minimum atomic E-state index is -0.470. The van der Waals surface area contributed by atoms with Crippen molar-refractivity contribution < 1.29 is 5.11 Å². The van der Waals surface area contributed by atoms with E-state index >= 15 is 0 Å². The number of allylic oxidation sites excluding steroid dienone is 1. The maximum absolute atomic E-state index is 10.7. The van der Waals surface area contributed by atoms with Crippen LogP contribution in [0, 0.1) is 40.4 Å². The van der Waals surface area contributed by atoms with Gasteiger partial charge in [0, 0.05) is 3.42 Å². The normalized spacial score (nSPS) is 47.1. The summed E-state index contributed by atoms with van der Waals surface area (Å²) in [5.41, 5.74) is 2.07. The highest BCUT2D eigenvalue weighted by Crippen LogP contribution is 2.67. The molecule has 0 aromatic carbocycles. The Balaban J connectivity index is 1.48. The zero-order valence-corrected chi connectivity index (χ0v) is 22.7. The van der Waals surface area contributed by atoms with Crippen molar-refractivity contribution >= 4 is 22.6 Å². The van der Waals surface area contributed by atoms with Crippen LogP contribution in [0.15, 0.2) is 11.6 Å². The largest absolute Gasteiger partial charge is 0.390 e. The predicted octanol–water partition coefficient (Wildman–Crippen LogP) is 8.34. The molecule has 0 aromatic heterocycles. The van der Waals surface area contributed by atoms with E-state index in [1.807, 2.05) is 0 Å². The van der Waals surface area contributed by atoms with Crippen LogP contribution >= 0.6 is 22.6 Å². The second kappa shape index (κ2) is 8.03. The first-order valence-electron chi connectivity index (χ1n) is 13.0. The van der Waals surface area contributed by atoms with Crippen molar-refractivity contribution in [3.8, 4) is 0 Å².